The Morgan fingerprint density at radius 1 is 1.12 bits per heavy atom. The minimum absolute atomic E-state index is 0.0224. The van der Waals surface area contributed by atoms with E-state index in [1.807, 2.05) is 18.2 Å². The lowest BCUT2D eigenvalue weighted by Crippen LogP contribution is -2.23. The van der Waals surface area contributed by atoms with Crippen molar-refractivity contribution in [2.45, 2.75) is 52.0 Å². The van der Waals surface area contributed by atoms with E-state index in [0.29, 0.717) is 24.7 Å². The third-order valence-corrected chi connectivity index (χ3v) is 3.54. The van der Waals surface area contributed by atoms with Gasteiger partial charge in [0.2, 0.25) is 5.91 Å². The summed E-state index contributed by atoms with van der Waals surface area (Å²) in [4.78, 5) is 22.0. The van der Waals surface area contributed by atoms with Crippen LogP contribution in [0.2, 0.25) is 0 Å². The Morgan fingerprint density at radius 2 is 1.92 bits per heavy atom. The fourth-order valence-corrected chi connectivity index (χ4v) is 2.16. The number of amides is 1. The molecule has 0 spiro atoms. The molecule has 1 aromatic rings. The van der Waals surface area contributed by atoms with Gasteiger partial charge < -0.3 is 19.9 Å². The SMILES string of the molecule is CCCCCCOc1ccc(CNC(=O)CCC(=O)O)cc1OC. The molecule has 0 heterocycles. The number of hydrogen-bond donors (Lipinski definition) is 2. The van der Waals surface area contributed by atoms with Gasteiger partial charge in [-0.25, -0.2) is 0 Å². The molecule has 0 saturated heterocycles. The third-order valence-electron chi connectivity index (χ3n) is 3.54. The number of ether oxygens (including phenoxy) is 2. The van der Waals surface area contributed by atoms with Crippen molar-refractivity contribution in [2.75, 3.05) is 13.7 Å². The second-order valence-corrected chi connectivity index (χ2v) is 5.56. The van der Waals surface area contributed by atoms with Crippen molar-refractivity contribution in [1.29, 1.82) is 0 Å². The molecule has 0 fully saturated rings. The largest absolute Gasteiger partial charge is 0.493 e. The molecule has 0 aliphatic rings. The topological polar surface area (TPSA) is 84.9 Å². The van der Waals surface area contributed by atoms with Gasteiger partial charge in [-0.3, -0.25) is 9.59 Å². The number of carbonyl (C=O) groups excluding carboxylic acids is 1. The molecule has 0 aliphatic carbocycles. The number of methoxy groups -OCH3 is 1. The molecule has 0 aliphatic heterocycles. The lowest BCUT2D eigenvalue weighted by atomic mass is 10.2. The molecule has 0 saturated carbocycles. The number of unbranched alkanes of at least 4 members (excludes halogenated alkanes) is 3. The van der Waals surface area contributed by atoms with Crippen molar-refractivity contribution in [3.05, 3.63) is 23.8 Å². The average Bonchev–Trinajstić information content (AvgIpc) is 2.58. The molecular weight excluding hydrogens is 310 g/mol. The van der Waals surface area contributed by atoms with Crippen LogP contribution in [0.5, 0.6) is 11.5 Å². The zero-order valence-electron chi connectivity index (χ0n) is 14.5. The molecule has 1 amide bonds. The quantitative estimate of drug-likeness (QED) is 0.572. The molecule has 6 heteroatoms. The lowest BCUT2D eigenvalue weighted by molar-refractivity contribution is -0.138. The van der Waals surface area contributed by atoms with E-state index in [9.17, 15) is 9.59 Å². The van der Waals surface area contributed by atoms with E-state index in [2.05, 4.69) is 12.2 Å². The van der Waals surface area contributed by atoms with E-state index in [4.69, 9.17) is 14.6 Å². The van der Waals surface area contributed by atoms with E-state index in [1.165, 1.54) is 12.8 Å². The highest BCUT2D eigenvalue weighted by Crippen LogP contribution is 2.28. The smallest absolute Gasteiger partial charge is 0.303 e. The van der Waals surface area contributed by atoms with Crippen LogP contribution in [0.15, 0.2) is 18.2 Å². The summed E-state index contributed by atoms with van der Waals surface area (Å²) in [6.45, 7) is 3.15. The molecule has 6 nitrogen and oxygen atoms in total. The Morgan fingerprint density at radius 3 is 2.58 bits per heavy atom. The summed E-state index contributed by atoms with van der Waals surface area (Å²) in [6, 6.07) is 5.51. The van der Waals surface area contributed by atoms with Crippen LogP contribution in [0.1, 0.15) is 51.0 Å². The molecule has 0 aromatic heterocycles. The molecule has 0 unspecified atom stereocenters. The van der Waals surface area contributed by atoms with Gasteiger partial charge in [0.05, 0.1) is 20.1 Å². The fraction of sp³-hybridized carbons (Fsp3) is 0.556. The Labute approximate surface area is 143 Å². The summed E-state index contributed by atoms with van der Waals surface area (Å²) < 4.78 is 11.1. The first-order valence-corrected chi connectivity index (χ1v) is 8.35. The normalized spacial score (nSPS) is 10.2. The van der Waals surface area contributed by atoms with E-state index in [-0.39, 0.29) is 18.7 Å². The highest BCUT2D eigenvalue weighted by molar-refractivity contribution is 5.80. The predicted molar refractivity (Wildman–Crippen MR) is 91.3 cm³/mol. The zero-order chi connectivity index (χ0) is 17.8. The average molecular weight is 337 g/mol. The van der Waals surface area contributed by atoms with Gasteiger partial charge in [-0.2, -0.15) is 0 Å². The number of carboxylic acids is 1. The van der Waals surface area contributed by atoms with E-state index < -0.39 is 5.97 Å². The lowest BCUT2D eigenvalue weighted by Gasteiger charge is -2.12. The van der Waals surface area contributed by atoms with Crippen LogP contribution in [-0.2, 0) is 16.1 Å². The molecular formula is C18H27NO5. The van der Waals surface area contributed by atoms with Gasteiger partial charge in [-0.15, -0.1) is 0 Å². The number of benzene rings is 1. The van der Waals surface area contributed by atoms with Crippen molar-refractivity contribution < 1.29 is 24.2 Å². The van der Waals surface area contributed by atoms with Crippen LogP contribution >= 0.6 is 0 Å². The van der Waals surface area contributed by atoms with Gasteiger partial charge in [-0.1, -0.05) is 32.3 Å². The molecule has 2 N–H and O–H groups in total. The predicted octanol–water partition coefficient (Wildman–Crippen LogP) is 3.14. The Bertz CT molecular complexity index is 530. The van der Waals surface area contributed by atoms with Crippen molar-refractivity contribution in [3.63, 3.8) is 0 Å². The van der Waals surface area contributed by atoms with E-state index in [0.717, 1.165) is 18.4 Å². The van der Waals surface area contributed by atoms with Crippen molar-refractivity contribution in [2.24, 2.45) is 0 Å². The number of nitrogens with one attached hydrogen (secondary N) is 1. The van der Waals surface area contributed by atoms with Gasteiger partial charge >= 0.3 is 5.97 Å². The molecule has 0 radical (unpaired) electrons. The van der Waals surface area contributed by atoms with Crippen LogP contribution in [0.25, 0.3) is 0 Å². The van der Waals surface area contributed by atoms with Gasteiger partial charge in [-0.05, 0) is 24.1 Å². The van der Waals surface area contributed by atoms with E-state index in [1.54, 1.807) is 7.11 Å². The van der Waals surface area contributed by atoms with Crippen LogP contribution in [-0.4, -0.2) is 30.7 Å². The minimum Gasteiger partial charge on any atom is -0.493 e. The highest BCUT2D eigenvalue weighted by Gasteiger charge is 2.08. The van der Waals surface area contributed by atoms with Gasteiger partial charge in [0.15, 0.2) is 11.5 Å². The monoisotopic (exact) mass is 337 g/mol. The Kier molecular flexibility index (Phi) is 9.34. The number of rotatable bonds is 12. The second kappa shape index (κ2) is 11.3. The van der Waals surface area contributed by atoms with Crippen molar-refractivity contribution >= 4 is 11.9 Å². The summed E-state index contributed by atoms with van der Waals surface area (Å²) in [5.41, 5.74) is 0.869. The summed E-state index contributed by atoms with van der Waals surface area (Å²) in [5, 5.41) is 11.2. The summed E-state index contributed by atoms with van der Waals surface area (Å²) in [6.07, 6.45) is 4.38. The minimum atomic E-state index is -0.979. The number of hydrogen-bond acceptors (Lipinski definition) is 4. The van der Waals surface area contributed by atoms with Crippen molar-refractivity contribution in [3.8, 4) is 11.5 Å². The van der Waals surface area contributed by atoms with Crippen LogP contribution < -0.4 is 14.8 Å². The Balaban J connectivity index is 2.47. The van der Waals surface area contributed by atoms with Gasteiger partial charge in [0, 0.05) is 13.0 Å². The molecule has 1 aromatic carbocycles. The van der Waals surface area contributed by atoms with Crippen LogP contribution in [0.3, 0.4) is 0 Å². The maximum Gasteiger partial charge on any atom is 0.303 e. The zero-order valence-corrected chi connectivity index (χ0v) is 14.5. The first-order valence-electron chi connectivity index (χ1n) is 8.35. The fourth-order valence-electron chi connectivity index (χ4n) is 2.16. The molecule has 0 bridgehead atoms. The number of carbonyl (C=O) groups is 2. The van der Waals surface area contributed by atoms with Gasteiger partial charge in [0.25, 0.3) is 0 Å². The first-order chi connectivity index (χ1) is 11.6. The standard InChI is InChI=1S/C18H27NO5/c1-3-4-5-6-11-24-15-8-7-14(12-16(15)23-2)13-19-17(20)9-10-18(21)22/h7-8,12H,3-6,9-11,13H2,1-2H3,(H,19,20)(H,21,22). The van der Waals surface area contributed by atoms with Crippen LogP contribution in [0, 0.1) is 0 Å². The summed E-state index contributed by atoms with van der Waals surface area (Å²) >= 11 is 0. The number of carboxylic acid groups (broad SMARTS) is 1. The van der Waals surface area contributed by atoms with Gasteiger partial charge in [0.1, 0.15) is 0 Å². The third kappa shape index (κ3) is 7.85. The summed E-state index contributed by atoms with van der Waals surface area (Å²) in [5.74, 6) is 0.0533. The maximum absolute atomic E-state index is 11.5. The molecule has 24 heavy (non-hydrogen) atoms. The second-order valence-electron chi connectivity index (χ2n) is 5.56. The number of aliphatic carboxylic acids is 1. The Hall–Kier alpha value is -2.24. The molecule has 1 rings (SSSR count). The highest BCUT2D eigenvalue weighted by atomic mass is 16.5. The molecule has 0 atom stereocenters. The van der Waals surface area contributed by atoms with E-state index >= 15 is 0 Å². The molecule has 134 valence electrons. The maximum atomic E-state index is 11.5. The van der Waals surface area contributed by atoms with Crippen LogP contribution in [0.4, 0.5) is 0 Å². The van der Waals surface area contributed by atoms with Crippen molar-refractivity contribution in [1.82, 2.24) is 5.32 Å². The first kappa shape index (κ1) is 19.8. The summed E-state index contributed by atoms with van der Waals surface area (Å²) in [7, 11) is 1.58.